The van der Waals surface area contributed by atoms with Gasteiger partial charge in [0, 0.05) is 16.6 Å². The lowest BCUT2D eigenvalue weighted by atomic mass is 10.6. The Bertz CT molecular complexity index is 259. The number of nitrogens with one attached hydrogen (secondary N) is 1. The molecule has 0 saturated carbocycles. The first-order chi connectivity index (χ1) is 5.18. The number of hydrogen-bond donors (Lipinski definition) is 2. The van der Waals surface area contributed by atoms with E-state index in [1.165, 1.54) is 11.5 Å². The van der Waals surface area contributed by atoms with Gasteiger partial charge in [0.15, 0.2) is 0 Å². The fourth-order valence-electron chi connectivity index (χ4n) is 0.478. The number of hydrogen-bond acceptors (Lipinski definition) is 5. The number of nitrogen functional groups attached to an aromatic ring is 1. The minimum atomic E-state index is 0.276. The zero-order valence-electron chi connectivity index (χ0n) is 5.67. The minimum absolute atomic E-state index is 0.276. The molecule has 0 aromatic carbocycles. The molecule has 0 saturated heterocycles. The van der Waals surface area contributed by atoms with E-state index in [-0.39, 0.29) is 5.95 Å². The predicted molar refractivity (Wildman–Crippen MR) is 47.8 cm³/mol. The average Bonchev–Trinajstić information content (AvgIpc) is 2.31. The van der Waals surface area contributed by atoms with Crippen molar-refractivity contribution in [2.45, 2.75) is 0 Å². The highest BCUT2D eigenvalue weighted by Crippen LogP contribution is 2.12. The van der Waals surface area contributed by atoms with Crippen molar-refractivity contribution >= 4 is 34.2 Å². The second-order valence-electron chi connectivity index (χ2n) is 1.83. The van der Waals surface area contributed by atoms with Crippen LogP contribution in [0.2, 0.25) is 0 Å². The van der Waals surface area contributed by atoms with Gasteiger partial charge in [-0.1, -0.05) is 18.2 Å². The number of halogens is 1. The molecular weight excluding hydrogens is 184 g/mol. The maximum Gasteiger partial charge on any atom is 0.233 e. The molecule has 0 atom stereocenters. The van der Waals surface area contributed by atoms with Gasteiger partial charge >= 0.3 is 0 Å². The lowest BCUT2D eigenvalue weighted by Gasteiger charge is -1.96. The summed E-state index contributed by atoms with van der Waals surface area (Å²) in [6, 6.07) is 0. The van der Waals surface area contributed by atoms with Crippen LogP contribution in [0.25, 0.3) is 0 Å². The third-order valence-electron chi connectivity index (χ3n) is 0.873. The molecule has 1 heterocycles. The second kappa shape index (κ2) is 3.54. The van der Waals surface area contributed by atoms with E-state index in [1.54, 1.807) is 0 Å². The van der Waals surface area contributed by atoms with Gasteiger partial charge in [-0.3, -0.25) is 0 Å². The quantitative estimate of drug-likeness (QED) is 0.754. The first-order valence-electron chi connectivity index (χ1n) is 2.85. The number of rotatable bonds is 3. The predicted octanol–water partition coefficient (Wildman–Crippen LogP) is 1.28. The van der Waals surface area contributed by atoms with Gasteiger partial charge in [0.05, 0.1) is 6.54 Å². The first kappa shape index (κ1) is 8.29. The van der Waals surface area contributed by atoms with Crippen molar-refractivity contribution in [3.05, 3.63) is 11.6 Å². The van der Waals surface area contributed by atoms with E-state index in [9.17, 15) is 0 Å². The highest BCUT2D eigenvalue weighted by molar-refractivity contribution is 7.09. The smallest absolute Gasteiger partial charge is 0.233 e. The zero-order valence-corrected chi connectivity index (χ0v) is 7.24. The molecule has 6 heteroatoms. The molecule has 0 unspecified atom stereocenters. The van der Waals surface area contributed by atoms with Gasteiger partial charge in [0.1, 0.15) is 0 Å². The minimum Gasteiger partial charge on any atom is -0.367 e. The van der Waals surface area contributed by atoms with Gasteiger partial charge in [-0.2, -0.15) is 9.36 Å². The van der Waals surface area contributed by atoms with Crippen LogP contribution in [-0.2, 0) is 0 Å². The van der Waals surface area contributed by atoms with Crippen LogP contribution in [0.3, 0.4) is 0 Å². The number of anilines is 2. The lowest BCUT2D eigenvalue weighted by molar-refractivity contribution is 1.26. The van der Waals surface area contributed by atoms with E-state index in [0.717, 1.165) is 0 Å². The summed E-state index contributed by atoms with van der Waals surface area (Å²) in [5.41, 5.74) is 5.28. The molecule has 1 aromatic rings. The summed E-state index contributed by atoms with van der Waals surface area (Å²) in [4.78, 5) is 3.86. The van der Waals surface area contributed by atoms with E-state index in [1.807, 2.05) is 0 Å². The Morgan fingerprint density at radius 1 is 1.82 bits per heavy atom. The molecule has 60 valence electrons. The molecule has 0 spiro atoms. The van der Waals surface area contributed by atoms with Crippen LogP contribution >= 0.6 is 23.1 Å². The van der Waals surface area contributed by atoms with Gasteiger partial charge in [-0.25, -0.2) is 0 Å². The van der Waals surface area contributed by atoms with Crippen LogP contribution in [0.1, 0.15) is 0 Å². The third kappa shape index (κ3) is 2.73. The molecule has 0 amide bonds. The van der Waals surface area contributed by atoms with Crippen LogP contribution in [-0.4, -0.2) is 15.9 Å². The second-order valence-corrected chi connectivity index (χ2v) is 3.11. The van der Waals surface area contributed by atoms with Gasteiger partial charge in [0.25, 0.3) is 0 Å². The van der Waals surface area contributed by atoms with Crippen LogP contribution in [0.5, 0.6) is 0 Å². The van der Waals surface area contributed by atoms with Crippen molar-refractivity contribution in [1.82, 2.24) is 9.36 Å². The summed E-state index contributed by atoms with van der Waals surface area (Å²) in [7, 11) is 0. The van der Waals surface area contributed by atoms with Crippen molar-refractivity contribution in [3.63, 3.8) is 0 Å². The lowest BCUT2D eigenvalue weighted by Crippen LogP contribution is -2.00. The highest BCUT2D eigenvalue weighted by atomic mass is 35.5. The molecular formula is C5H7ClN4S. The summed E-state index contributed by atoms with van der Waals surface area (Å²) in [5.74, 6) is 0.276. The Kier molecular flexibility index (Phi) is 2.67. The van der Waals surface area contributed by atoms with Crippen molar-refractivity contribution < 1.29 is 0 Å². The van der Waals surface area contributed by atoms with Gasteiger partial charge in [-0.05, 0) is 0 Å². The number of aromatic nitrogens is 2. The molecule has 0 aliphatic rings. The maximum absolute atomic E-state index is 5.50. The Balaban J connectivity index is 2.45. The third-order valence-corrected chi connectivity index (χ3v) is 1.69. The van der Waals surface area contributed by atoms with Crippen LogP contribution in [0.4, 0.5) is 11.1 Å². The Labute approximate surface area is 73.3 Å². The molecule has 0 aliphatic carbocycles. The summed E-state index contributed by atoms with van der Waals surface area (Å²) >= 11 is 6.70. The highest BCUT2D eigenvalue weighted by Gasteiger charge is 1.98. The fourth-order valence-corrected chi connectivity index (χ4v) is 1.04. The van der Waals surface area contributed by atoms with E-state index < -0.39 is 0 Å². The monoisotopic (exact) mass is 190 g/mol. The Hall–Kier alpha value is -0.810. The summed E-state index contributed by atoms with van der Waals surface area (Å²) in [5, 5.41) is 4.08. The summed E-state index contributed by atoms with van der Waals surface area (Å²) < 4.78 is 3.77. The first-order valence-corrected chi connectivity index (χ1v) is 4.00. The number of nitrogens with zero attached hydrogens (tertiary/aromatic N) is 2. The normalized spacial score (nSPS) is 9.55. The molecule has 3 N–H and O–H groups in total. The van der Waals surface area contributed by atoms with Crippen molar-refractivity contribution in [2.24, 2.45) is 0 Å². The van der Waals surface area contributed by atoms with E-state index in [0.29, 0.717) is 16.7 Å². The van der Waals surface area contributed by atoms with E-state index in [2.05, 4.69) is 21.3 Å². The fraction of sp³-hybridized carbons (Fsp3) is 0.200. The van der Waals surface area contributed by atoms with Gasteiger partial charge in [0.2, 0.25) is 11.1 Å². The molecule has 11 heavy (non-hydrogen) atoms. The molecule has 4 nitrogen and oxygen atoms in total. The molecule has 0 fully saturated rings. The zero-order chi connectivity index (χ0) is 8.27. The van der Waals surface area contributed by atoms with Crippen molar-refractivity contribution in [1.29, 1.82) is 0 Å². The van der Waals surface area contributed by atoms with E-state index in [4.69, 9.17) is 17.3 Å². The van der Waals surface area contributed by atoms with E-state index >= 15 is 0 Å². The average molecular weight is 191 g/mol. The Morgan fingerprint density at radius 2 is 2.55 bits per heavy atom. The molecule has 0 radical (unpaired) electrons. The topological polar surface area (TPSA) is 63.8 Å². The largest absolute Gasteiger partial charge is 0.367 e. The standard InChI is InChI=1S/C5H7ClN4S/c1-3(6)2-8-5-9-4(7)10-11-5/h1-2H2,(H3,7,8,9,10). The molecule has 0 bridgehead atoms. The van der Waals surface area contributed by atoms with Crippen LogP contribution in [0.15, 0.2) is 11.6 Å². The maximum atomic E-state index is 5.50. The van der Waals surface area contributed by atoms with Crippen LogP contribution in [0, 0.1) is 0 Å². The summed E-state index contributed by atoms with van der Waals surface area (Å²) in [6.07, 6.45) is 0. The van der Waals surface area contributed by atoms with Crippen LogP contribution < -0.4 is 11.1 Å². The number of nitrogens with two attached hydrogens (primary N) is 1. The van der Waals surface area contributed by atoms with Gasteiger partial charge < -0.3 is 11.1 Å². The molecule has 0 aliphatic heterocycles. The van der Waals surface area contributed by atoms with Crippen molar-refractivity contribution in [3.8, 4) is 0 Å². The summed E-state index contributed by atoms with van der Waals surface area (Å²) in [6.45, 7) is 3.99. The molecule has 1 aromatic heterocycles. The Morgan fingerprint density at radius 3 is 3.00 bits per heavy atom. The van der Waals surface area contributed by atoms with Gasteiger partial charge in [-0.15, -0.1) is 0 Å². The SMILES string of the molecule is C=C(Cl)CNc1nc(N)ns1. The molecule has 1 rings (SSSR count). The van der Waals surface area contributed by atoms with Crippen molar-refractivity contribution in [2.75, 3.05) is 17.6 Å².